The molecule has 1 nitrogen and oxygen atoms in total. The summed E-state index contributed by atoms with van der Waals surface area (Å²) in [6.45, 7) is 4.25. The van der Waals surface area contributed by atoms with Crippen LogP contribution in [0.25, 0.3) is 5.47 Å². The third kappa shape index (κ3) is 6.46. The highest BCUT2D eigenvalue weighted by Crippen LogP contribution is 2.22. The van der Waals surface area contributed by atoms with Gasteiger partial charge in [0.2, 0.25) is 0 Å². The minimum atomic E-state index is -2.70. The first kappa shape index (κ1) is 21.1. The quantitative estimate of drug-likeness (QED) is 0.262. The summed E-state index contributed by atoms with van der Waals surface area (Å²) >= 11 is 0. The zero-order valence-corrected chi connectivity index (χ0v) is 16.2. The number of hydrogen-bond donors (Lipinski definition) is 0. The van der Waals surface area contributed by atoms with Gasteiger partial charge in [0.25, 0.3) is 0 Å². The predicted octanol–water partition coefficient (Wildman–Crippen LogP) is 6.60. The van der Waals surface area contributed by atoms with Crippen molar-refractivity contribution in [2.24, 2.45) is 0 Å². The maximum Gasteiger partial charge on any atom is 0.572 e. The zero-order chi connectivity index (χ0) is 19.6. The maximum atomic E-state index is 13.5. The van der Waals surface area contributed by atoms with Crippen molar-refractivity contribution in [2.75, 3.05) is 0 Å². The monoisotopic (exact) mass is 368 g/mol. The molecule has 0 atom stereocenters. The number of carbonyl (C=O) groups excluding carboxylic acids is 1. The van der Waals surface area contributed by atoms with E-state index in [4.69, 9.17) is 0 Å². The van der Waals surface area contributed by atoms with E-state index in [1.807, 2.05) is 24.3 Å². The van der Waals surface area contributed by atoms with Crippen LogP contribution in [0.3, 0.4) is 0 Å². The van der Waals surface area contributed by atoms with Crippen molar-refractivity contribution in [1.29, 1.82) is 0 Å². The van der Waals surface area contributed by atoms with Crippen LogP contribution in [0.1, 0.15) is 66.6 Å². The molecule has 0 bridgehead atoms. The highest BCUT2D eigenvalue weighted by Gasteiger charge is 2.23. The Morgan fingerprint density at radius 1 is 0.815 bits per heavy atom. The van der Waals surface area contributed by atoms with Gasteiger partial charge in [-0.3, -0.25) is 13.4 Å². The molecule has 0 saturated heterocycles. The average Bonchev–Trinajstić information content (AvgIpc) is 2.69. The van der Waals surface area contributed by atoms with Crippen LogP contribution in [-0.4, -0.2) is 13.1 Å². The topological polar surface area (TPSA) is 17.1 Å². The van der Waals surface area contributed by atoms with E-state index in [2.05, 4.69) is 13.8 Å². The van der Waals surface area contributed by atoms with Crippen molar-refractivity contribution < 1.29 is 13.4 Å². The molecule has 0 amide bonds. The molecule has 2 aromatic carbocycles. The van der Waals surface area contributed by atoms with Crippen LogP contribution >= 0.6 is 0 Å². The first-order chi connectivity index (χ1) is 13.0. The van der Waals surface area contributed by atoms with Crippen LogP contribution in [0.5, 0.6) is 0 Å². The number of allylic oxidation sites excluding steroid dienone is 1. The molecule has 0 aliphatic heterocycles. The summed E-state index contributed by atoms with van der Waals surface area (Å²) in [5.74, 6) is -0.387. The molecule has 4 heteroatoms. The molecule has 0 unspecified atom stereocenters. The molecule has 2 rings (SSSR count). The van der Waals surface area contributed by atoms with Crippen molar-refractivity contribution in [3.05, 3.63) is 76.9 Å². The Bertz CT molecular complexity index is 749. The summed E-state index contributed by atoms with van der Waals surface area (Å²) in [7, 11) is -2.70. The average molecular weight is 368 g/mol. The number of carbonyl (C=O) groups is 1. The van der Waals surface area contributed by atoms with Gasteiger partial charge in [0.15, 0.2) is 5.78 Å². The largest absolute Gasteiger partial charge is 0.572 e. The van der Waals surface area contributed by atoms with E-state index in [0.717, 1.165) is 55.7 Å². The van der Waals surface area contributed by atoms with Gasteiger partial charge >= 0.3 is 7.27 Å². The van der Waals surface area contributed by atoms with Crippen LogP contribution in [-0.2, 0) is 12.8 Å². The summed E-state index contributed by atoms with van der Waals surface area (Å²) < 4.78 is 27.1. The minimum absolute atomic E-state index is 0.225. The summed E-state index contributed by atoms with van der Waals surface area (Å²) in [4.78, 5) is 12.5. The fourth-order valence-corrected chi connectivity index (χ4v) is 2.96. The number of benzene rings is 2. The van der Waals surface area contributed by atoms with E-state index < -0.39 is 7.27 Å². The summed E-state index contributed by atoms with van der Waals surface area (Å²) in [6, 6.07) is 14.4. The number of ketones is 1. The highest BCUT2D eigenvalue weighted by molar-refractivity contribution is 6.68. The van der Waals surface area contributed by atoms with E-state index in [-0.39, 0.29) is 11.3 Å². The fourth-order valence-electron chi connectivity index (χ4n) is 2.96. The van der Waals surface area contributed by atoms with Crippen molar-refractivity contribution >= 4 is 18.5 Å². The Labute approximate surface area is 161 Å². The number of aryl methyl sites for hydroxylation is 2. The second kappa shape index (κ2) is 10.8. The Balaban J connectivity index is 2.17. The van der Waals surface area contributed by atoms with Gasteiger partial charge in [-0.25, -0.2) is 0 Å². The van der Waals surface area contributed by atoms with E-state index in [9.17, 15) is 13.4 Å². The lowest BCUT2D eigenvalue weighted by molar-refractivity contribution is 0.104. The van der Waals surface area contributed by atoms with E-state index in [1.165, 1.54) is 0 Å². The van der Waals surface area contributed by atoms with Gasteiger partial charge in [0, 0.05) is 11.0 Å². The summed E-state index contributed by atoms with van der Waals surface area (Å²) in [5, 5.41) is 0. The standard InChI is InChI=1S/C23H27BF2O/c1-3-5-7-18-9-13-20(14-10-18)22(24(25)26)17-23(27)21-15-11-19(12-16-21)8-6-4-2/h9-17H,3-8H2,1-2H3/b22-17-. The molecule has 0 N–H and O–H groups in total. The molecular formula is C23H27BF2O. The molecule has 0 heterocycles. The molecule has 27 heavy (non-hydrogen) atoms. The van der Waals surface area contributed by atoms with Gasteiger partial charge in [-0.15, -0.1) is 0 Å². The molecule has 0 saturated carbocycles. The minimum Gasteiger partial charge on any atom is -0.289 e. The SMILES string of the molecule is CCCCc1ccc(C(=O)/C=C(\B(F)F)c2ccc(CCCC)cc2)cc1. The van der Waals surface area contributed by atoms with Gasteiger partial charge in [-0.05, 0) is 48.4 Å². The zero-order valence-electron chi connectivity index (χ0n) is 16.2. The lowest BCUT2D eigenvalue weighted by Crippen LogP contribution is -2.06. The molecule has 0 radical (unpaired) electrons. The molecule has 142 valence electrons. The van der Waals surface area contributed by atoms with E-state index in [0.29, 0.717) is 11.1 Å². The van der Waals surface area contributed by atoms with Crippen molar-refractivity contribution in [2.45, 2.75) is 52.4 Å². The van der Waals surface area contributed by atoms with E-state index in [1.54, 1.807) is 24.3 Å². The number of hydrogen-bond acceptors (Lipinski definition) is 1. The van der Waals surface area contributed by atoms with Gasteiger partial charge in [-0.2, -0.15) is 0 Å². The van der Waals surface area contributed by atoms with E-state index >= 15 is 0 Å². The molecule has 2 aromatic rings. The van der Waals surface area contributed by atoms with Gasteiger partial charge in [-0.1, -0.05) is 75.2 Å². The molecule has 0 aliphatic carbocycles. The van der Waals surface area contributed by atoms with Gasteiger partial charge in [0.05, 0.1) is 0 Å². The number of unbranched alkanes of at least 4 members (excludes halogenated alkanes) is 2. The van der Waals surface area contributed by atoms with Crippen LogP contribution in [0.15, 0.2) is 54.6 Å². The highest BCUT2D eigenvalue weighted by atomic mass is 19.2. The van der Waals surface area contributed by atoms with Gasteiger partial charge < -0.3 is 0 Å². The third-order valence-corrected chi connectivity index (χ3v) is 4.69. The lowest BCUT2D eigenvalue weighted by atomic mass is 9.78. The molecule has 0 aromatic heterocycles. The predicted molar refractivity (Wildman–Crippen MR) is 110 cm³/mol. The normalized spacial score (nSPS) is 11.5. The Hall–Kier alpha value is -2.23. The van der Waals surface area contributed by atoms with Crippen LogP contribution in [0.2, 0.25) is 0 Å². The Morgan fingerprint density at radius 2 is 1.26 bits per heavy atom. The molecule has 0 spiro atoms. The molecule has 0 fully saturated rings. The Kier molecular flexibility index (Phi) is 8.44. The first-order valence-corrected chi connectivity index (χ1v) is 9.77. The van der Waals surface area contributed by atoms with Crippen LogP contribution in [0, 0.1) is 0 Å². The van der Waals surface area contributed by atoms with Gasteiger partial charge in [0.1, 0.15) is 0 Å². The first-order valence-electron chi connectivity index (χ1n) is 9.77. The van der Waals surface area contributed by atoms with Crippen LogP contribution in [0.4, 0.5) is 8.63 Å². The van der Waals surface area contributed by atoms with Crippen molar-refractivity contribution in [1.82, 2.24) is 0 Å². The second-order valence-corrected chi connectivity index (χ2v) is 6.87. The maximum absolute atomic E-state index is 13.5. The number of halogens is 2. The fraction of sp³-hybridized carbons (Fsp3) is 0.348. The second-order valence-electron chi connectivity index (χ2n) is 6.87. The smallest absolute Gasteiger partial charge is 0.289 e. The summed E-state index contributed by atoms with van der Waals surface area (Å²) in [5.41, 5.74) is 2.90. The molecule has 0 aliphatic rings. The van der Waals surface area contributed by atoms with Crippen LogP contribution < -0.4 is 0 Å². The Morgan fingerprint density at radius 3 is 1.67 bits per heavy atom. The third-order valence-electron chi connectivity index (χ3n) is 4.69. The lowest BCUT2D eigenvalue weighted by Gasteiger charge is -2.07. The van der Waals surface area contributed by atoms with Crippen molar-refractivity contribution in [3.8, 4) is 0 Å². The number of rotatable bonds is 10. The summed E-state index contributed by atoms with van der Waals surface area (Å²) in [6.07, 6.45) is 7.35. The van der Waals surface area contributed by atoms with Crippen molar-refractivity contribution in [3.63, 3.8) is 0 Å². The molecular weight excluding hydrogens is 341 g/mol.